The van der Waals surface area contributed by atoms with Crippen molar-refractivity contribution >= 4 is 34.1 Å². The van der Waals surface area contributed by atoms with Gasteiger partial charge in [0, 0.05) is 13.1 Å². The maximum atomic E-state index is 12.8. The number of rotatable bonds is 8. The molecule has 1 heterocycles. The summed E-state index contributed by atoms with van der Waals surface area (Å²) >= 11 is 2.75. The summed E-state index contributed by atoms with van der Waals surface area (Å²) in [6.45, 7) is 6.41. The van der Waals surface area contributed by atoms with Crippen LogP contribution in [0.1, 0.15) is 12.5 Å². The van der Waals surface area contributed by atoms with Gasteiger partial charge in [-0.25, -0.2) is 4.39 Å². The van der Waals surface area contributed by atoms with Gasteiger partial charge in [0.05, 0.1) is 5.25 Å². The second-order valence-electron chi connectivity index (χ2n) is 4.65. The van der Waals surface area contributed by atoms with E-state index < -0.39 is 0 Å². The predicted molar refractivity (Wildman–Crippen MR) is 92.2 cm³/mol. The van der Waals surface area contributed by atoms with Gasteiger partial charge in [-0.3, -0.25) is 4.79 Å². The zero-order chi connectivity index (χ0) is 16.7. The lowest BCUT2D eigenvalue weighted by atomic mass is 10.2. The molecule has 122 valence electrons. The minimum absolute atomic E-state index is 0.102. The van der Waals surface area contributed by atoms with Gasteiger partial charge in [0.25, 0.3) is 0 Å². The molecule has 2 rings (SSSR count). The molecular weight excluding hydrogens is 335 g/mol. The van der Waals surface area contributed by atoms with Crippen LogP contribution in [0.15, 0.2) is 41.3 Å². The summed E-state index contributed by atoms with van der Waals surface area (Å²) < 4.78 is 13.5. The highest BCUT2D eigenvalue weighted by molar-refractivity contribution is 8.02. The summed E-state index contributed by atoms with van der Waals surface area (Å²) in [5.74, 6) is -0.392. The van der Waals surface area contributed by atoms with E-state index in [-0.39, 0.29) is 17.0 Å². The molecule has 0 aliphatic heterocycles. The number of aromatic nitrogens is 2. The van der Waals surface area contributed by atoms with E-state index in [0.29, 0.717) is 18.2 Å². The number of carbonyl (C=O) groups excluding carboxylic acids is 1. The van der Waals surface area contributed by atoms with Crippen molar-refractivity contribution in [2.75, 3.05) is 11.9 Å². The van der Waals surface area contributed by atoms with E-state index in [0.717, 1.165) is 9.90 Å². The number of carbonyl (C=O) groups is 1. The Hall–Kier alpha value is -1.93. The predicted octanol–water partition coefficient (Wildman–Crippen LogP) is 3.07. The maximum absolute atomic E-state index is 12.8. The van der Waals surface area contributed by atoms with Crippen LogP contribution >= 0.6 is 23.1 Å². The first kappa shape index (κ1) is 17.4. The Kier molecular flexibility index (Phi) is 6.54. The molecule has 0 saturated carbocycles. The van der Waals surface area contributed by atoms with Crippen molar-refractivity contribution in [3.8, 4) is 0 Å². The molecule has 0 saturated heterocycles. The van der Waals surface area contributed by atoms with Crippen molar-refractivity contribution in [3.05, 3.63) is 48.3 Å². The summed E-state index contributed by atoms with van der Waals surface area (Å²) in [5, 5.41) is 14.3. The third kappa shape index (κ3) is 5.65. The standard InChI is InChI=1S/C15H17FN4OS2/c1-3-8-17-14-19-20-15(23-14)22-10(2)13(21)18-9-11-4-6-12(16)7-5-11/h3-7,10H,1,8-9H2,2H3,(H,17,19)(H,18,21)/t10-/m0/s1. The Morgan fingerprint density at radius 3 is 2.87 bits per heavy atom. The van der Waals surface area contributed by atoms with Crippen molar-refractivity contribution in [2.45, 2.75) is 23.1 Å². The molecule has 0 aliphatic rings. The zero-order valence-corrected chi connectivity index (χ0v) is 14.2. The number of benzene rings is 1. The van der Waals surface area contributed by atoms with E-state index in [9.17, 15) is 9.18 Å². The second kappa shape index (κ2) is 8.64. The summed E-state index contributed by atoms with van der Waals surface area (Å²) in [4.78, 5) is 12.1. The number of nitrogens with zero attached hydrogens (tertiary/aromatic N) is 2. The van der Waals surface area contributed by atoms with Gasteiger partial charge in [0.2, 0.25) is 11.0 Å². The highest BCUT2D eigenvalue weighted by Crippen LogP contribution is 2.28. The van der Waals surface area contributed by atoms with Crippen LogP contribution in [-0.2, 0) is 11.3 Å². The molecule has 1 amide bonds. The molecule has 2 aromatic rings. The Morgan fingerprint density at radius 1 is 1.43 bits per heavy atom. The van der Waals surface area contributed by atoms with Crippen LogP contribution in [0.2, 0.25) is 0 Å². The highest BCUT2D eigenvalue weighted by Gasteiger charge is 2.16. The molecule has 5 nitrogen and oxygen atoms in total. The van der Waals surface area contributed by atoms with Crippen LogP contribution in [0.5, 0.6) is 0 Å². The Labute approximate surface area is 142 Å². The number of anilines is 1. The van der Waals surface area contributed by atoms with Crippen LogP contribution in [0.4, 0.5) is 9.52 Å². The van der Waals surface area contributed by atoms with Crippen LogP contribution in [0.25, 0.3) is 0 Å². The summed E-state index contributed by atoms with van der Waals surface area (Å²) in [5.41, 5.74) is 0.851. The van der Waals surface area contributed by atoms with Crippen molar-refractivity contribution in [1.29, 1.82) is 0 Å². The van der Waals surface area contributed by atoms with E-state index in [1.54, 1.807) is 18.2 Å². The molecule has 0 unspecified atom stereocenters. The van der Waals surface area contributed by atoms with Gasteiger partial charge in [-0.1, -0.05) is 41.3 Å². The summed E-state index contributed by atoms with van der Waals surface area (Å²) in [7, 11) is 0. The minimum Gasteiger partial charge on any atom is -0.357 e. The quantitative estimate of drug-likeness (QED) is 0.564. The Bertz CT molecular complexity index is 660. The largest absolute Gasteiger partial charge is 0.357 e. The first-order valence-electron chi connectivity index (χ1n) is 6.95. The normalized spacial score (nSPS) is 11.7. The van der Waals surface area contributed by atoms with Crippen molar-refractivity contribution in [3.63, 3.8) is 0 Å². The molecule has 1 aromatic heterocycles. The third-order valence-electron chi connectivity index (χ3n) is 2.83. The number of hydrogen-bond acceptors (Lipinski definition) is 6. The zero-order valence-electron chi connectivity index (χ0n) is 12.6. The third-order valence-corrected chi connectivity index (χ3v) is 4.90. The summed E-state index contributed by atoms with van der Waals surface area (Å²) in [6, 6.07) is 6.04. The lowest BCUT2D eigenvalue weighted by Crippen LogP contribution is -2.30. The van der Waals surface area contributed by atoms with Crippen LogP contribution in [0, 0.1) is 5.82 Å². The van der Waals surface area contributed by atoms with Gasteiger partial charge in [-0.15, -0.1) is 16.8 Å². The molecular formula is C15H17FN4OS2. The van der Waals surface area contributed by atoms with E-state index >= 15 is 0 Å². The molecule has 0 aliphatic carbocycles. The molecule has 2 N–H and O–H groups in total. The first-order valence-corrected chi connectivity index (χ1v) is 8.65. The molecule has 0 fully saturated rings. The molecule has 0 spiro atoms. The monoisotopic (exact) mass is 352 g/mol. The molecule has 23 heavy (non-hydrogen) atoms. The number of hydrogen-bond donors (Lipinski definition) is 2. The van der Waals surface area contributed by atoms with Gasteiger partial charge in [-0.05, 0) is 24.6 Å². The lowest BCUT2D eigenvalue weighted by Gasteiger charge is -2.10. The van der Waals surface area contributed by atoms with E-state index in [2.05, 4.69) is 27.4 Å². The number of halogens is 1. The summed E-state index contributed by atoms with van der Waals surface area (Å²) in [6.07, 6.45) is 1.74. The molecule has 0 radical (unpaired) electrons. The van der Waals surface area contributed by atoms with Crippen molar-refractivity contribution in [1.82, 2.24) is 15.5 Å². The molecule has 1 aromatic carbocycles. The number of nitrogens with one attached hydrogen (secondary N) is 2. The first-order chi connectivity index (χ1) is 11.1. The SMILES string of the molecule is C=CCNc1nnc(S[C@@H](C)C(=O)NCc2ccc(F)cc2)s1. The van der Waals surface area contributed by atoms with Gasteiger partial charge in [0.1, 0.15) is 5.82 Å². The molecule has 0 bridgehead atoms. The maximum Gasteiger partial charge on any atom is 0.233 e. The van der Waals surface area contributed by atoms with Gasteiger partial charge >= 0.3 is 0 Å². The average Bonchev–Trinajstić information content (AvgIpc) is 2.99. The fraction of sp³-hybridized carbons (Fsp3) is 0.267. The lowest BCUT2D eigenvalue weighted by molar-refractivity contribution is -0.120. The second-order valence-corrected chi connectivity index (χ2v) is 7.21. The van der Waals surface area contributed by atoms with Gasteiger partial charge in [0.15, 0.2) is 4.34 Å². The van der Waals surface area contributed by atoms with E-state index in [4.69, 9.17) is 0 Å². The highest BCUT2D eigenvalue weighted by atomic mass is 32.2. The smallest absolute Gasteiger partial charge is 0.233 e. The van der Waals surface area contributed by atoms with Gasteiger partial charge in [-0.2, -0.15) is 0 Å². The Morgan fingerprint density at radius 2 is 2.17 bits per heavy atom. The fourth-order valence-electron chi connectivity index (χ4n) is 1.63. The average molecular weight is 352 g/mol. The number of amides is 1. The Balaban J connectivity index is 1.81. The van der Waals surface area contributed by atoms with Crippen LogP contribution < -0.4 is 10.6 Å². The van der Waals surface area contributed by atoms with E-state index in [1.807, 2.05) is 6.92 Å². The van der Waals surface area contributed by atoms with E-state index in [1.165, 1.54) is 35.2 Å². The fourth-order valence-corrected chi connectivity index (χ4v) is 3.56. The molecule has 1 atom stereocenters. The van der Waals surface area contributed by atoms with Gasteiger partial charge < -0.3 is 10.6 Å². The molecule has 8 heteroatoms. The van der Waals surface area contributed by atoms with Crippen LogP contribution in [-0.4, -0.2) is 27.9 Å². The topological polar surface area (TPSA) is 66.9 Å². The minimum atomic E-state index is -0.296. The van der Waals surface area contributed by atoms with Crippen molar-refractivity contribution in [2.24, 2.45) is 0 Å². The number of thioether (sulfide) groups is 1. The van der Waals surface area contributed by atoms with Crippen LogP contribution in [0.3, 0.4) is 0 Å². The van der Waals surface area contributed by atoms with Crippen molar-refractivity contribution < 1.29 is 9.18 Å².